The summed E-state index contributed by atoms with van der Waals surface area (Å²) in [6, 6.07) is 3.79. The fourth-order valence-corrected chi connectivity index (χ4v) is 4.88. The van der Waals surface area contributed by atoms with E-state index in [1.165, 1.54) is 18.2 Å². The van der Waals surface area contributed by atoms with Gasteiger partial charge in [0.2, 0.25) is 10.0 Å². The summed E-state index contributed by atoms with van der Waals surface area (Å²) in [5, 5.41) is 0. The second-order valence-corrected chi connectivity index (χ2v) is 7.98. The monoisotopic (exact) mass is 314 g/mol. The van der Waals surface area contributed by atoms with Gasteiger partial charge in [-0.2, -0.15) is 4.31 Å². The molecular formula is C15H23FN2O2S. The van der Waals surface area contributed by atoms with Crippen molar-refractivity contribution in [3.05, 3.63) is 29.6 Å². The molecule has 6 heteroatoms. The van der Waals surface area contributed by atoms with Gasteiger partial charge in [0.1, 0.15) is 5.82 Å². The average Bonchev–Trinajstić information content (AvgIpc) is 2.42. The highest BCUT2D eigenvalue weighted by atomic mass is 32.2. The molecule has 0 radical (unpaired) electrons. The maximum atomic E-state index is 13.5. The van der Waals surface area contributed by atoms with Crippen LogP contribution in [0.3, 0.4) is 0 Å². The molecule has 0 bridgehead atoms. The normalized spacial score (nSPS) is 27.8. The number of piperidine rings is 1. The maximum absolute atomic E-state index is 13.5. The first-order chi connectivity index (χ1) is 9.77. The Hall–Kier alpha value is -0.980. The second-order valence-electron chi connectivity index (χ2n) is 6.09. The summed E-state index contributed by atoms with van der Waals surface area (Å²) in [5.41, 5.74) is 5.69. The van der Waals surface area contributed by atoms with Gasteiger partial charge in [-0.15, -0.1) is 0 Å². The minimum absolute atomic E-state index is 0.0163. The van der Waals surface area contributed by atoms with Crippen molar-refractivity contribution in [1.29, 1.82) is 0 Å². The van der Waals surface area contributed by atoms with Crippen LogP contribution in [0.25, 0.3) is 0 Å². The summed E-state index contributed by atoms with van der Waals surface area (Å²) >= 11 is 0. The molecule has 1 heterocycles. The van der Waals surface area contributed by atoms with Crippen LogP contribution in [0.1, 0.15) is 32.8 Å². The quantitative estimate of drug-likeness (QED) is 0.931. The van der Waals surface area contributed by atoms with E-state index in [0.717, 1.165) is 6.42 Å². The lowest BCUT2D eigenvalue weighted by atomic mass is 9.88. The Labute approximate surface area is 126 Å². The summed E-state index contributed by atoms with van der Waals surface area (Å²) < 4.78 is 40.7. The van der Waals surface area contributed by atoms with Gasteiger partial charge in [0.05, 0.1) is 4.90 Å². The Morgan fingerprint density at radius 3 is 2.62 bits per heavy atom. The number of nitrogens with two attached hydrogens (primary N) is 1. The Morgan fingerprint density at radius 1 is 1.33 bits per heavy atom. The van der Waals surface area contributed by atoms with Crippen LogP contribution in [0.4, 0.5) is 4.39 Å². The van der Waals surface area contributed by atoms with E-state index in [1.807, 2.05) is 6.92 Å². The van der Waals surface area contributed by atoms with Gasteiger partial charge >= 0.3 is 0 Å². The van der Waals surface area contributed by atoms with E-state index in [2.05, 4.69) is 13.8 Å². The first-order valence-electron chi connectivity index (χ1n) is 7.27. The number of rotatable bonds is 3. The van der Waals surface area contributed by atoms with Crippen molar-refractivity contribution in [2.75, 3.05) is 6.54 Å². The fraction of sp³-hybridized carbons (Fsp3) is 0.600. The van der Waals surface area contributed by atoms with Crippen molar-refractivity contribution in [2.45, 2.75) is 44.7 Å². The number of sulfonamides is 1. The summed E-state index contributed by atoms with van der Waals surface area (Å²) in [6.45, 7) is 6.54. The molecule has 4 nitrogen and oxygen atoms in total. The minimum Gasteiger partial charge on any atom is -0.326 e. The maximum Gasteiger partial charge on any atom is 0.243 e. The molecule has 1 aromatic carbocycles. The highest BCUT2D eigenvalue weighted by Crippen LogP contribution is 2.32. The molecule has 21 heavy (non-hydrogen) atoms. The van der Waals surface area contributed by atoms with Crippen molar-refractivity contribution >= 4 is 10.0 Å². The summed E-state index contributed by atoms with van der Waals surface area (Å²) in [5.74, 6) is 0.156. The zero-order valence-corrected chi connectivity index (χ0v) is 13.5. The van der Waals surface area contributed by atoms with E-state index in [9.17, 15) is 12.8 Å². The summed E-state index contributed by atoms with van der Waals surface area (Å²) in [4.78, 5) is 0.123. The predicted octanol–water partition coefficient (Wildman–Crippen LogP) is 2.34. The lowest BCUT2D eigenvalue weighted by Gasteiger charge is -2.40. The third kappa shape index (κ3) is 3.12. The molecule has 3 unspecified atom stereocenters. The molecule has 0 aromatic heterocycles. The molecule has 0 aliphatic carbocycles. The SMILES string of the molecule is CC1CC(C)C(C)N(S(=O)(=O)c2ccc(F)c(CN)c2)C1. The van der Waals surface area contributed by atoms with Crippen molar-refractivity contribution < 1.29 is 12.8 Å². The first-order valence-corrected chi connectivity index (χ1v) is 8.71. The Balaban J connectivity index is 2.41. The van der Waals surface area contributed by atoms with E-state index in [-0.39, 0.29) is 23.0 Å². The number of hydrogen-bond acceptors (Lipinski definition) is 3. The molecule has 0 saturated carbocycles. The first kappa shape index (κ1) is 16.4. The van der Waals surface area contributed by atoms with Crippen LogP contribution in [0.2, 0.25) is 0 Å². The Kier molecular flexibility index (Phi) is 4.70. The van der Waals surface area contributed by atoms with Gasteiger partial charge in [-0.05, 0) is 43.4 Å². The van der Waals surface area contributed by atoms with E-state index in [4.69, 9.17) is 5.73 Å². The van der Waals surface area contributed by atoms with Crippen LogP contribution in [-0.4, -0.2) is 25.3 Å². The van der Waals surface area contributed by atoms with Crippen LogP contribution in [0, 0.1) is 17.7 Å². The molecule has 0 amide bonds. The largest absolute Gasteiger partial charge is 0.326 e. The summed E-state index contributed by atoms with van der Waals surface area (Å²) in [7, 11) is -3.62. The Bertz CT molecular complexity index is 618. The number of nitrogens with zero attached hydrogens (tertiary/aromatic N) is 1. The third-order valence-corrected chi connectivity index (χ3v) is 6.34. The van der Waals surface area contributed by atoms with Crippen LogP contribution in [0.5, 0.6) is 0 Å². The van der Waals surface area contributed by atoms with Crippen molar-refractivity contribution in [3.8, 4) is 0 Å². The van der Waals surface area contributed by atoms with Gasteiger partial charge in [0.15, 0.2) is 0 Å². The molecule has 1 aliphatic heterocycles. The topological polar surface area (TPSA) is 63.4 Å². The van der Waals surface area contributed by atoms with Gasteiger partial charge in [-0.25, -0.2) is 12.8 Å². The standard InChI is InChI=1S/C15H23FN2O2S/c1-10-6-11(2)12(3)18(9-10)21(19,20)14-4-5-15(16)13(7-14)8-17/h4-5,7,10-12H,6,8-9,17H2,1-3H3. The molecule has 1 saturated heterocycles. The number of benzene rings is 1. The van der Waals surface area contributed by atoms with Gasteiger partial charge in [-0.1, -0.05) is 13.8 Å². The molecular weight excluding hydrogens is 291 g/mol. The lowest BCUT2D eigenvalue weighted by Crippen LogP contribution is -2.48. The van der Waals surface area contributed by atoms with E-state index < -0.39 is 15.8 Å². The second kappa shape index (κ2) is 6.02. The Morgan fingerprint density at radius 2 is 2.00 bits per heavy atom. The highest BCUT2D eigenvalue weighted by Gasteiger charge is 2.37. The number of hydrogen-bond donors (Lipinski definition) is 1. The minimum atomic E-state index is -3.62. The molecule has 2 rings (SSSR count). The van der Waals surface area contributed by atoms with Gasteiger partial charge in [0, 0.05) is 24.7 Å². The zero-order chi connectivity index (χ0) is 15.8. The summed E-state index contributed by atoms with van der Waals surface area (Å²) in [6.07, 6.45) is 1.02. The zero-order valence-electron chi connectivity index (χ0n) is 12.7. The van der Waals surface area contributed by atoms with Gasteiger partial charge < -0.3 is 5.73 Å². The van der Waals surface area contributed by atoms with Crippen molar-refractivity contribution in [3.63, 3.8) is 0 Å². The molecule has 118 valence electrons. The molecule has 2 N–H and O–H groups in total. The van der Waals surface area contributed by atoms with Crippen LogP contribution in [0.15, 0.2) is 23.1 Å². The van der Waals surface area contributed by atoms with Gasteiger partial charge in [0.25, 0.3) is 0 Å². The lowest BCUT2D eigenvalue weighted by molar-refractivity contribution is 0.157. The van der Waals surface area contributed by atoms with Crippen molar-refractivity contribution in [1.82, 2.24) is 4.31 Å². The third-order valence-electron chi connectivity index (χ3n) is 4.39. The molecule has 1 fully saturated rings. The van der Waals surface area contributed by atoms with Gasteiger partial charge in [-0.3, -0.25) is 0 Å². The van der Waals surface area contributed by atoms with E-state index >= 15 is 0 Å². The molecule has 0 spiro atoms. The van der Waals surface area contributed by atoms with E-state index in [1.54, 1.807) is 4.31 Å². The smallest absolute Gasteiger partial charge is 0.243 e. The number of halogens is 1. The van der Waals surface area contributed by atoms with Crippen LogP contribution < -0.4 is 5.73 Å². The predicted molar refractivity (Wildman–Crippen MR) is 80.6 cm³/mol. The highest BCUT2D eigenvalue weighted by molar-refractivity contribution is 7.89. The fourth-order valence-electron chi connectivity index (χ4n) is 2.98. The average molecular weight is 314 g/mol. The van der Waals surface area contributed by atoms with Crippen LogP contribution >= 0.6 is 0 Å². The molecule has 1 aromatic rings. The van der Waals surface area contributed by atoms with E-state index in [0.29, 0.717) is 18.4 Å². The molecule has 3 atom stereocenters. The molecule has 1 aliphatic rings. The van der Waals surface area contributed by atoms with Crippen LogP contribution in [-0.2, 0) is 16.6 Å². The van der Waals surface area contributed by atoms with Crippen molar-refractivity contribution in [2.24, 2.45) is 17.6 Å².